The van der Waals surface area contributed by atoms with Gasteiger partial charge >= 0.3 is 5.97 Å². The molecule has 0 aliphatic carbocycles. The van der Waals surface area contributed by atoms with Gasteiger partial charge in [-0.3, -0.25) is 4.79 Å². The Morgan fingerprint density at radius 3 is 2.48 bits per heavy atom. The Morgan fingerprint density at radius 2 is 1.96 bits per heavy atom. The van der Waals surface area contributed by atoms with Gasteiger partial charge < -0.3 is 14.7 Å². The number of carboxylic acid groups (broad SMARTS) is 1. The highest BCUT2D eigenvalue weighted by Gasteiger charge is 2.15. The standard InChI is InChI=1S/C15H18N4O4/c1-10(2)23-12-6-4-11(5-7-12)18(3)14(20)9-19-8-13(15(21)22)16-17-19/h4-8,10H,9H2,1-3H3,(H,21,22). The highest BCUT2D eigenvalue weighted by Crippen LogP contribution is 2.19. The normalized spacial score (nSPS) is 10.6. The third-order valence-corrected chi connectivity index (χ3v) is 3.02. The van der Waals surface area contributed by atoms with Crippen molar-refractivity contribution in [3.05, 3.63) is 36.2 Å². The van der Waals surface area contributed by atoms with Crippen LogP contribution in [0.3, 0.4) is 0 Å². The highest BCUT2D eigenvalue weighted by molar-refractivity contribution is 5.92. The molecule has 0 saturated heterocycles. The first-order valence-corrected chi connectivity index (χ1v) is 7.03. The van der Waals surface area contributed by atoms with E-state index in [1.165, 1.54) is 15.8 Å². The van der Waals surface area contributed by atoms with E-state index in [0.29, 0.717) is 5.69 Å². The molecular formula is C15H18N4O4. The molecule has 0 aliphatic rings. The van der Waals surface area contributed by atoms with Crippen molar-refractivity contribution in [2.24, 2.45) is 0 Å². The number of hydrogen-bond acceptors (Lipinski definition) is 5. The fourth-order valence-corrected chi connectivity index (χ4v) is 1.88. The molecule has 0 unspecified atom stereocenters. The van der Waals surface area contributed by atoms with Gasteiger partial charge in [-0.05, 0) is 38.1 Å². The van der Waals surface area contributed by atoms with Gasteiger partial charge in [-0.25, -0.2) is 9.48 Å². The minimum Gasteiger partial charge on any atom is -0.491 e. The molecular weight excluding hydrogens is 300 g/mol. The van der Waals surface area contributed by atoms with Crippen LogP contribution < -0.4 is 9.64 Å². The molecule has 2 aromatic rings. The lowest BCUT2D eigenvalue weighted by atomic mass is 10.2. The summed E-state index contributed by atoms with van der Waals surface area (Å²) in [4.78, 5) is 24.4. The fourth-order valence-electron chi connectivity index (χ4n) is 1.88. The Bertz CT molecular complexity index is 694. The maximum absolute atomic E-state index is 12.2. The molecule has 2 rings (SSSR count). The molecule has 8 nitrogen and oxygen atoms in total. The second kappa shape index (κ2) is 6.91. The molecule has 0 aliphatic heterocycles. The van der Waals surface area contributed by atoms with Gasteiger partial charge in [-0.2, -0.15) is 0 Å². The Kier molecular flexibility index (Phi) is 4.95. The monoisotopic (exact) mass is 318 g/mol. The van der Waals surface area contributed by atoms with Gasteiger partial charge in [0.05, 0.1) is 12.3 Å². The van der Waals surface area contributed by atoms with Crippen LogP contribution >= 0.6 is 0 Å². The van der Waals surface area contributed by atoms with E-state index in [2.05, 4.69) is 10.3 Å². The first kappa shape index (κ1) is 16.5. The molecule has 23 heavy (non-hydrogen) atoms. The number of amides is 1. The molecule has 1 N–H and O–H groups in total. The molecule has 0 atom stereocenters. The van der Waals surface area contributed by atoms with Gasteiger partial charge in [0.2, 0.25) is 5.91 Å². The van der Waals surface area contributed by atoms with E-state index < -0.39 is 5.97 Å². The average molecular weight is 318 g/mol. The van der Waals surface area contributed by atoms with E-state index in [1.807, 2.05) is 13.8 Å². The fraction of sp³-hybridized carbons (Fsp3) is 0.333. The molecule has 0 bridgehead atoms. The maximum Gasteiger partial charge on any atom is 0.358 e. The summed E-state index contributed by atoms with van der Waals surface area (Å²) in [6, 6.07) is 7.13. The minimum absolute atomic E-state index is 0.0796. The average Bonchev–Trinajstić information content (AvgIpc) is 2.95. The number of benzene rings is 1. The number of aromatic nitrogens is 3. The minimum atomic E-state index is -1.18. The number of nitrogens with zero attached hydrogens (tertiary/aromatic N) is 4. The van der Waals surface area contributed by atoms with Crippen molar-refractivity contribution in [2.75, 3.05) is 11.9 Å². The molecule has 0 fully saturated rings. The number of hydrogen-bond donors (Lipinski definition) is 1. The van der Waals surface area contributed by atoms with E-state index in [0.717, 1.165) is 5.75 Å². The summed E-state index contributed by atoms with van der Waals surface area (Å²) in [5.74, 6) is -0.700. The Labute approximate surface area is 133 Å². The number of rotatable bonds is 6. The lowest BCUT2D eigenvalue weighted by Gasteiger charge is -2.18. The topological polar surface area (TPSA) is 97.5 Å². The third kappa shape index (κ3) is 4.29. The summed E-state index contributed by atoms with van der Waals surface area (Å²) in [5, 5.41) is 15.9. The Morgan fingerprint density at radius 1 is 1.30 bits per heavy atom. The zero-order valence-electron chi connectivity index (χ0n) is 13.1. The number of carbonyl (C=O) groups excluding carboxylic acids is 1. The van der Waals surface area contributed by atoms with E-state index in [9.17, 15) is 9.59 Å². The third-order valence-electron chi connectivity index (χ3n) is 3.02. The van der Waals surface area contributed by atoms with Crippen LogP contribution in [0, 0.1) is 0 Å². The highest BCUT2D eigenvalue weighted by atomic mass is 16.5. The summed E-state index contributed by atoms with van der Waals surface area (Å²) >= 11 is 0. The molecule has 0 spiro atoms. The molecule has 1 aromatic heterocycles. The van der Waals surface area contributed by atoms with Crippen LogP contribution in [0.25, 0.3) is 0 Å². The molecule has 1 heterocycles. The Hall–Kier alpha value is -2.90. The van der Waals surface area contributed by atoms with Gasteiger partial charge in [-0.15, -0.1) is 5.10 Å². The van der Waals surface area contributed by atoms with Crippen molar-refractivity contribution >= 4 is 17.6 Å². The SMILES string of the molecule is CC(C)Oc1ccc(N(C)C(=O)Cn2cc(C(=O)O)nn2)cc1. The van der Waals surface area contributed by atoms with Crippen LogP contribution in [-0.2, 0) is 11.3 Å². The van der Waals surface area contributed by atoms with Gasteiger partial charge in [0.15, 0.2) is 5.69 Å². The number of likely N-dealkylation sites (N-methyl/N-ethyl adjacent to an activating group) is 1. The van der Waals surface area contributed by atoms with Crippen molar-refractivity contribution in [1.82, 2.24) is 15.0 Å². The first-order chi connectivity index (χ1) is 10.9. The predicted octanol–water partition coefficient (Wildman–Crippen LogP) is 1.43. The lowest BCUT2D eigenvalue weighted by Crippen LogP contribution is -2.30. The lowest BCUT2D eigenvalue weighted by molar-refractivity contribution is -0.119. The van der Waals surface area contributed by atoms with E-state index >= 15 is 0 Å². The second-order valence-electron chi connectivity index (χ2n) is 5.22. The first-order valence-electron chi connectivity index (χ1n) is 7.03. The zero-order valence-corrected chi connectivity index (χ0v) is 13.1. The van der Waals surface area contributed by atoms with Gasteiger partial charge in [0.1, 0.15) is 12.3 Å². The second-order valence-corrected chi connectivity index (χ2v) is 5.22. The number of carbonyl (C=O) groups is 2. The summed E-state index contributed by atoms with van der Waals surface area (Å²) in [6.45, 7) is 3.78. The van der Waals surface area contributed by atoms with Crippen molar-refractivity contribution in [3.63, 3.8) is 0 Å². The number of ether oxygens (including phenoxy) is 1. The maximum atomic E-state index is 12.2. The van der Waals surface area contributed by atoms with Gasteiger partial charge in [0.25, 0.3) is 0 Å². The van der Waals surface area contributed by atoms with Gasteiger partial charge in [-0.1, -0.05) is 5.21 Å². The van der Waals surface area contributed by atoms with Crippen molar-refractivity contribution < 1.29 is 19.4 Å². The van der Waals surface area contributed by atoms with Crippen LogP contribution in [0.4, 0.5) is 5.69 Å². The summed E-state index contributed by atoms with van der Waals surface area (Å²) in [5.41, 5.74) is 0.500. The number of aromatic carboxylic acids is 1. The van der Waals surface area contributed by atoms with Crippen molar-refractivity contribution in [3.8, 4) is 5.75 Å². The van der Waals surface area contributed by atoms with Crippen LogP contribution in [0.15, 0.2) is 30.5 Å². The smallest absolute Gasteiger partial charge is 0.358 e. The van der Waals surface area contributed by atoms with Crippen LogP contribution in [0.5, 0.6) is 5.75 Å². The van der Waals surface area contributed by atoms with Crippen LogP contribution in [0.1, 0.15) is 24.3 Å². The molecule has 8 heteroatoms. The molecule has 0 radical (unpaired) electrons. The summed E-state index contributed by atoms with van der Waals surface area (Å²) in [7, 11) is 1.63. The van der Waals surface area contributed by atoms with E-state index in [4.69, 9.17) is 9.84 Å². The largest absolute Gasteiger partial charge is 0.491 e. The Balaban J connectivity index is 2.02. The molecule has 0 saturated carbocycles. The molecule has 1 amide bonds. The zero-order chi connectivity index (χ0) is 17.0. The molecule has 122 valence electrons. The van der Waals surface area contributed by atoms with E-state index in [1.54, 1.807) is 31.3 Å². The predicted molar refractivity (Wildman–Crippen MR) is 82.6 cm³/mol. The van der Waals surface area contributed by atoms with Crippen LogP contribution in [0.2, 0.25) is 0 Å². The van der Waals surface area contributed by atoms with Crippen molar-refractivity contribution in [1.29, 1.82) is 0 Å². The van der Waals surface area contributed by atoms with E-state index in [-0.39, 0.29) is 24.2 Å². The number of carboxylic acids is 1. The van der Waals surface area contributed by atoms with Crippen LogP contribution in [-0.4, -0.2) is 45.1 Å². The number of anilines is 1. The van der Waals surface area contributed by atoms with Gasteiger partial charge in [0, 0.05) is 12.7 Å². The summed E-state index contributed by atoms with van der Waals surface area (Å²) < 4.78 is 6.74. The molecule has 1 aromatic carbocycles. The van der Waals surface area contributed by atoms with Crippen molar-refractivity contribution in [2.45, 2.75) is 26.5 Å². The quantitative estimate of drug-likeness (QED) is 0.865. The summed E-state index contributed by atoms with van der Waals surface area (Å²) in [6.07, 6.45) is 1.30.